The maximum Gasteiger partial charge on any atom is 0.326 e. The van der Waals surface area contributed by atoms with Gasteiger partial charge in [0.1, 0.15) is 11.9 Å². The van der Waals surface area contributed by atoms with Gasteiger partial charge in [0.2, 0.25) is 0 Å². The predicted octanol–water partition coefficient (Wildman–Crippen LogP) is 2.03. The number of halogens is 2. The Morgan fingerprint density at radius 1 is 1.29 bits per heavy atom. The molecule has 0 fully saturated rings. The van der Waals surface area contributed by atoms with Gasteiger partial charge in [0, 0.05) is 10.9 Å². The Morgan fingerprint density at radius 2 is 1.95 bits per heavy atom. The van der Waals surface area contributed by atoms with Gasteiger partial charge in [0.25, 0.3) is 0 Å². The Bertz CT molecular complexity index is 546. The standard InChI is InChI=1S/C12H12BrFN2O5/c13-6-2-1-3-7(14)10(6)16-12(21)15-8(11(19)20)4-5-9(17)18/h1-3,8H,4-5H2,(H,17,18)(H,19,20)(H2,15,16,21). The third-order valence-corrected chi connectivity index (χ3v) is 3.11. The van der Waals surface area contributed by atoms with Gasteiger partial charge in [0.15, 0.2) is 0 Å². The molecule has 0 heterocycles. The average Bonchev–Trinajstić information content (AvgIpc) is 2.38. The van der Waals surface area contributed by atoms with Crippen LogP contribution < -0.4 is 10.6 Å². The van der Waals surface area contributed by atoms with Crippen LogP contribution in [0.2, 0.25) is 0 Å². The van der Waals surface area contributed by atoms with Crippen LogP contribution in [0.4, 0.5) is 14.9 Å². The van der Waals surface area contributed by atoms with Crippen molar-refractivity contribution < 1.29 is 29.0 Å². The third-order valence-electron chi connectivity index (χ3n) is 2.45. The van der Waals surface area contributed by atoms with E-state index < -0.39 is 36.2 Å². The molecule has 0 aliphatic carbocycles. The predicted molar refractivity (Wildman–Crippen MR) is 74.5 cm³/mol. The summed E-state index contributed by atoms with van der Waals surface area (Å²) in [4.78, 5) is 33.0. The molecule has 9 heteroatoms. The van der Waals surface area contributed by atoms with Crippen molar-refractivity contribution in [2.45, 2.75) is 18.9 Å². The van der Waals surface area contributed by atoms with Crippen molar-refractivity contribution in [1.82, 2.24) is 5.32 Å². The number of carboxylic acid groups (broad SMARTS) is 2. The van der Waals surface area contributed by atoms with E-state index in [4.69, 9.17) is 10.2 Å². The number of nitrogens with one attached hydrogen (secondary N) is 2. The zero-order chi connectivity index (χ0) is 16.0. The van der Waals surface area contributed by atoms with Crippen LogP contribution in [-0.4, -0.2) is 34.2 Å². The van der Waals surface area contributed by atoms with Gasteiger partial charge in [-0.25, -0.2) is 14.0 Å². The number of para-hydroxylation sites is 1. The molecule has 21 heavy (non-hydrogen) atoms. The van der Waals surface area contributed by atoms with Crippen molar-refractivity contribution in [3.63, 3.8) is 0 Å². The number of carboxylic acids is 2. The molecule has 0 aliphatic heterocycles. The smallest absolute Gasteiger partial charge is 0.326 e. The first-order valence-corrected chi connectivity index (χ1v) is 6.56. The fourth-order valence-corrected chi connectivity index (χ4v) is 1.89. The minimum atomic E-state index is -1.38. The van der Waals surface area contributed by atoms with Crippen LogP contribution >= 0.6 is 15.9 Å². The maximum atomic E-state index is 13.5. The normalized spacial score (nSPS) is 11.5. The molecule has 0 spiro atoms. The van der Waals surface area contributed by atoms with Gasteiger partial charge in [0.05, 0.1) is 5.69 Å². The molecule has 114 valence electrons. The second-order valence-electron chi connectivity index (χ2n) is 4.02. The van der Waals surface area contributed by atoms with Crippen molar-refractivity contribution in [1.29, 1.82) is 0 Å². The van der Waals surface area contributed by atoms with Crippen LogP contribution in [0, 0.1) is 5.82 Å². The van der Waals surface area contributed by atoms with Crippen LogP contribution in [0.3, 0.4) is 0 Å². The van der Waals surface area contributed by atoms with Crippen molar-refractivity contribution >= 4 is 39.6 Å². The van der Waals surface area contributed by atoms with Crippen LogP contribution in [0.15, 0.2) is 22.7 Å². The number of anilines is 1. The van der Waals surface area contributed by atoms with Gasteiger partial charge in [-0.2, -0.15) is 0 Å². The lowest BCUT2D eigenvalue weighted by Crippen LogP contribution is -2.43. The van der Waals surface area contributed by atoms with Crippen LogP contribution in [0.25, 0.3) is 0 Å². The van der Waals surface area contributed by atoms with E-state index in [-0.39, 0.29) is 16.6 Å². The molecule has 2 amide bonds. The summed E-state index contributed by atoms with van der Waals surface area (Å²) in [5.74, 6) is -3.25. The lowest BCUT2D eigenvalue weighted by molar-refractivity contribution is -0.140. The number of amides is 2. The summed E-state index contributed by atoms with van der Waals surface area (Å²) in [7, 11) is 0. The number of carbonyl (C=O) groups is 3. The van der Waals surface area contributed by atoms with Gasteiger partial charge in [-0.15, -0.1) is 0 Å². The molecule has 0 bridgehead atoms. The molecule has 0 radical (unpaired) electrons. The van der Waals surface area contributed by atoms with Gasteiger partial charge < -0.3 is 20.8 Å². The molecule has 0 saturated carbocycles. The first kappa shape index (κ1) is 16.9. The highest BCUT2D eigenvalue weighted by Crippen LogP contribution is 2.24. The zero-order valence-electron chi connectivity index (χ0n) is 10.6. The molecule has 0 aliphatic rings. The summed E-state index contributed by atoms with van der Waals surface area (Å²) in [5, 5.41) is 21.6. The van der Waals surface area contributed by atoms with E-state index >= 15 is 0 Å². The molecular weight excluding hydrogens is 351 g/mol. The monoisotopic (exact) mass is 362 g/mol. The zero-order valence-corrected chi connectivity index (χ0v) is 12.2. The molecule has 1 unspecified atom stereocenters. The van der Waals surface area contributed by atoms with Gasteiger partial charge in [-0.3, -0.25) is 4.79 Å². The average molecular weight is 363 g/mol. The number of rotatable bonds is 6. The molecular formula is C12H12BrFN2O5. The van der Waals surface area contributed by atoms with Gasteiger partial charge in [-0.05, 0) is 34.5 Å². The van der Waals surface area contributed by atoms with Crippen LogP contribution in [-0.2, 0) is 9.59 Å². The van der Waals surface area contributed by atoms with Crippen molar-refractivity contribution in [2.24, 2.45) is 0 Å². The van der Waals surface area contributed by atoms with Gasteiger partial charge in [-0.1, -0.05) is 6.07 Å². The summed E-state index contributed by atoms with van der Waals surface area (Å²) < 4.78 is 13.8. The molecule has 0 aromatic heterocycles. The molecule has 1 rings (SSSR count). The Morgan fingerprint density at radius 3 is 2.48 bits per heavy atom. The Balaban J connectivity index is 2.70. The quantitative estimate of drug-likeness (QED) is 0.617. The Labute approximate surface area is 127 Å². The summed E-state index contributed by atoms with van der Waals surface area (Å²) in [6, 6.07) is 1.72. The van der Waals surface area contributed by atoms with E-state index in [1.807, 2.05) is 0 Å². The molecule has 0 saturated heterocycles. The number of hydrogen-bond donors (Lipinski definition) is 4. The first-order valence-electron chi connectivity index (χ1n) is 5.77. The SMILES string of the molecule is O=C(O)CCC(NC(=O)Nc1c(F)cccc1Br)C(=O)O. The number of benzene rings is 1. The summed E-state index contributed by atoms with van der Waals surface area (Å²) in [5.41, 5.74) is -0.141. The number of hydrogen-bond acceptors (Lipinski definition) is 3. The number of urea groups is 1. The lowest BCUT2D eigenvalue weighted by atomic mass is 10.1. The summed E-state index contributed by atoms with van der Waals surface area (Å²) in [6.45, 7) is 0. The highest BCUT2D eigenvalue weighted by Gasteiger charge is 2.21. The minimum Gasteiger partial charge on any atom is -0.481 e. The van der Waals surface area contributed by atoms with E-state index in [0.29, 0.717) is 0 Å². The van der Waals surface area contributed by atoms with Crippen LogP contribution in [0.5, 0.6) is 0 Å². The lowest BCUT2D eigenvalue weighted by Gasteiger charge is -2.15. The van der Waals surface area contributed by atoms with E-state index in [9.17, 15) is 18.8 Å². The topological polar surface area (TPSA) is 116 Å². The van der Waals surface area contributed by atoms with E-state index in [0.717, 1.165) is 6.07 Å². The molecule has 1 aromatic rings. The van der Waals surface area contributed by atoms with Gasteiger partial charge >= 0.3 is 18.0 Å². The molecule has 7 nitrogen and oxygen atoms in total. The first-order chi connectivity index (χ1) is 9.81. The molecule has 1 aromatic carbocycles. The van der Waals surface area contributed by atoms with Crippen molar-refractivity contribution in [3.05, 3.63) is 28.5 Å². The van der Waals surface area contributed by atoms with E-state index in [2.05, 4.69) is 26.6 Å². The molecule has 1 atom stereocenters. The number of aliphatic carboxylic acids is 2. The fraction of sp³-hybridized carbons (Fsp3) is 0.250. The maximum absolute atomic E-state index is 13.5. The Kier molecular flexibility index (Phi) is 6.10. The summed E-state index contributed by atoms with van der Waals surface area (Å²) >= 11 is 3.04. The third kappa shape index (κ3) is 5.38. The highest BCUT2D eigenvalue weighted by atomic mass is 79.9. The van der Waals surface area contributed by atoms with Crippen LogP contribution in [0.1, 0.15) is 12.8 Å². The van der Waals surface area contributed by atoms with Crippen molar-refractivity contribution in [3.8, 4) is 0 Å². The largest absolute Gasteiger partial charge is 0.481 e. The van der Waals surface area contributed by atoms with E-state index in [1.165, 1.54) is 12.1 Å². The van der Waals surface area contributed by atoms with E-state index in [1.54, 1.807) is 0 Å². The fourth-order valence-electron chi connectivity index (χ4n) is 1.45. The Hall–Kier alpha value is -2.16. The number of carbonyl (C=O) groups excluding carboxylic acids is 1. The second kappa shape index (κ2) is 7.58. The summed E-state index contributed by atoms with van der Waals surface area (Å²) in [6.07, 6.45) is -0.697. The molecule has 4 N–H and O–H groups in total. The van der Waals surface area contributed by atoms with Crippen molar-refractivity contribution in [2.75, 3.05) is 5.32 Å². The minimum absolute atomic E-state index is 0.141. The highest BCUT2D eigenvalue weighted by molar-refractivity contribution is 9.10. The second-order valence-corrected chi connectivity index (χ2v) is 4.87.